The lowest BCUT2D eigenvalue weighted by Crippen LogP contribution is -2.28. The lowest BCUT2D eigenvalue weighted by molar-refractivity contribution is 0.202. The molecule has 1 aliphatic heterocycles. The second-order valence-electron chi connectivity index (χ2n) is 8.16. The fourth-order valence-electron chi connectivity index (χ4n) is 4.20. The second-order valence-corrected chi connectivity index (χ2v) is 9.17. The van der Waals surface area contributed by atoms with Crippen LogP contribution in [0.25, 0.3) is 21.5 Å². The number of aryl methyl sites for hydroxylation is 2. The first-order valence-corrected chi connectivity index (χ1v) is 11.7. The Morgan fingerprint density at radius 3 is 2.85 bits per heavy atom. The van der Waals surface area contributed by atoms with Crippen LogP contribution in [0, 0.1) is 13.8 Å². The minimum atomic E-state index is 0.529. The monoisotopic (exact) mass is 462 g/mol. The minimum Gasteiger partial charge on any atom is -0.491 e. The minimum absolute atomic E-state index is 0.529. The molecule has 0 bridgehead atoms. The maximum absolute atomic E-state index is 6.19. The third-order valence-electron chi connectivity index (χ3n) is 5.76. The summed E-state index contributed by atoms with van der Waals surface area (Å²) in [7, 11) is 1.71. The summed E-state index contributed by atoms with van der Waals surface area (Å²) in [6, 6.07) is 6.37. The van der Waals surface area contributed by atoms with Crippen LogP contribution in [0.1, 0.15) is 22.5 Å². The molecule has 3 aromatic heterocycles. The number of benzene rings is 1. The van der Waals surface area contributed by atoms with Gasteiger partial charge in [0, 0.05) is 49.2 Å². The first-order chi connectivity index (χ1) is 16.0. The molecule has 0 radical (unpaired) electrons. The molecule has 0 atom stereocenters. The number of ether oxygens (including phenoxy) is 2. The Bertz CT molecular complexity index is 1320. The van der Waals surface area contributed by atoms with Crippen molar-refractivity contribution in [3.63, 3.8) is 0 Å². The first kappa shape index (κ1) is 21.5. The van der Waals surface area contributed by atoms with Crippen molar-refractivity contribution in [1.82, 2.24) is 19.9 Å². The average molecular weight is 463 g/mol. The third kappa shape index (κ3) is 4.34. The zero-order chi connectivity index (χ0) is 22.9. The van der Waals surface area contributed by atoms with E-state index in [1.54, 1.807) is 7.11 Å². The number of fused-ring (bicyclic) bond motifs is 2. The van der Waals surface area contributed by atoms with Crippen molar-refractivity contribution in [3.05, 3.63) is 53.1 Å². The molecule has 0 fully saturated rings. The van der Waals surface area contributed by atoms with E-state index < -0.39 is 0 Å². The summed E-state index contributed by atoms with van der Waals surface area (Å²) >= 11 is 1.40. The van der Waals surface area contributed by atoms with Crippen molar-refractivity contribution in [2.75, 3.05) is 37.5 Å². The van der Waals surface area contributed by atoms with Gasteiger partial charge in [0.05, 0.1) is 13.2 Å². The number of hydrogen-bond donors (Lipinski definition) is 1. The standard InChI is InChI=1S/C24H26N6O2S/c1-14-8-17(18-10-20-23(27-12-18)33-24(25)29-20)9-19-13-30(5-7-32-21(14)19)22-16(4-6-31-3)11-26-15(2)28-22/h8-12H,4-7,13H2,1-3H3,(H2,25,29). The average Bonchev–Trinajstić information content (AvgIpc) is 3.03. The number of methoxy groups -OCH3 is 1. The predicted molar refractivity (Wildman–Crippen MR) is 131 cm³/mol. The molecule has 4 heterocycles. The maximum atomic E-state index is 6.19. The highest BCUT2D eigenvalue weighted by Crippen LogP contribution is 2.35. The Hall–Kier alpha value is -3.30. The summed E-state index contributed by atoms with van der Waals surface area (Å²) in [6.45, 7) is 6.66. The molecule has 9 heteroatoms. The SMILES string of the molecule is COCCc1cnc(C)nc1N1CCOc2c(C)cc(-c3cnc4sc(N)nc4c3)cc2C1. The fraction of sp³-hybridized carbons (Fsp3) is 0.333. The van der Waals surface area contributed by atoms with Gasteiger partial charge in [-0.05, 0) is 43.2 Å². The zero-order valence-corrected chi connectivity index (χ0v) is 19.8. The van der Waals surface area contributed by atoms with E-state index in [9.17, 15) is 0 Å². The van der Waals surface area contributed by atoms with Crippen molar-refractivity contribution < 1.29 is 9.47 Å². The number of anilines is 2. The van der Waals surface area contributed by atoms with Crippen LogP contribution in [-0.2, 0) is 17.7 Å². The molecule has 33 heavy (non-hydrogen) atoms. The molecule has 0 amide bonds. The highest BCUT2D eigenvalue weighted by Gasteiger charge is 2.22. The van der Waals surface area contributed by atoms with Crippen LogP contribution in [0.3, 0.4) is 0 Å². The molecule has 2 N–H and O–H groups in total. The summed E-state index contributed by atoms with van der Waals surface area (Å²) in [5, 5.41) is 0.529. The van der Waals surface area contributed by atoms with Gasteiger partial charge in [-0.25, -0.2) is 19.9 Å². The Balaban J connectivity index is 1.53. The van der Waals surface area contributed by atoms with E-state index in [-0.39, 0.29) is 0 Å². The zero-order valence-electron chi connectivity index (χ0n) is 19.0. The van der Waals surface area contributed by atoms with E-state index >= 15 is 0 Å². The van der Waals surface area contributed by atoms with Crippen molar-refractivity contribution in [2.45, 2.75) is 26.8 Å². The second kappa shape index (κ2) is 8.92. The van der Waals surface area contributed by atoms with Gasteiger partial charge in [-0.15, -0.1) is 0 Å². The number of thiazole rings is 1. The lowest BCUT2D eigenvalue weighted by atomic mass is 9.99. The highest BCUT2D eigenvalue weighted by atomic mass is 32.1. The van der Waals surface area contributed by atoms with E-state index in [2.05, 4.69) is 38.9 Å². The molecule has 0 saturated heterocycles. The number of rotatable bonds is 5. The topological polar surface area (TPSA) is 99.3 Å². The summed E-state index contributed by atoms with van der Waals surface area (Å²) in [4.78, 5) is 21.3. The number of aromatic nitrogens is 4. The summed E-state index contributed by atoms with van der Waals surface area (Å²) in [5.41, 5.74) is 12.1. The number of hydrogen-bond acceptors (Lipinski definition) is 9. The van der Waals surface area contributed by atoms with Gasteiger partial charge in [0.25, 0.3) is 0 Å². The normalized spacial score (nSPS) is 13.6. The van der Waals surface area contributed by atoms with Gasteiger partial charge in [-0.3, -0.25) is 0 Å². The smallest absolute Gasteiger partial charge is 0.182 e. The molecule has 170 valence electrons. The summed E-state index contributed by atoms with van der Waals surface area (Å²) in [6.07, 6.45) is 4.55. The number of pyridine rings is 1. The van der Waals surface area contributed by atoms with Gasteiger partial charge in [0.1, 0.15) is 34.3 Å². The van der Waals surface area contributed by atoms with Crippen LogP contribution in [0.5, 0.6) is 5.75 Å². The number of nitrogens with two attached hydrogens (primary N) is 1. The van der Waals surface area contributed by atoms with E-state index in [1.807, 2.05) is 25.4 Å². The van der Waals surface area contributed by atoms with Gasteiger partial charge in [0.15, 0.2) is 5.13 Å². The van der Waals surface area contributed by atoms with E-state index in [0.29, 0.717) is 24.9 Å². The van der Waals surface area contributed by atoms with Crippen LogP contribution < -0.4 is 15.4 Å². The largest absolute Gasteiger partial charge is 0.491 e. The van der Waals surface area contributed by atoms with Crippen molar-refractivity contribution in [3.8, 4) is 16.9 Å². The van der Waals surface area contributed by atoms with Crippen LogP contribution in [0.15, 0.2) is 30.6 Å². The van der Waals surface area contributed by atoms with E-state index in [4.69, 9.17) is 20.2 Å². The van der Waals surface area contributed by atoms with Gasteiger partial charge in [-0.2, -0.15) is 0 Å². The van der Waals surface area contributed by atoms with Crippen LogP contribution >= 0.6 is 11.3 Å². The van der Waals surface area contributed by atoms with Gasteiger partial charge >= 0.3 is 0 Å². The third-order valence-corrected chi connectivity index (χ3v) is 6.56. The van der Waals surface area contributed by atoms with Crippen LogP contribution in [0.4, 0.5) is 10.9 Å². The fourth-order valence-corrected chi connectivity index (χ4v) is 4.86. The number of nitrogen functional groups attached to an aromatic ring is 1. The van der Waals surface area contributed by atoms with Gasteiger partial charge in [0.2, 0.25) is 0 Å². The van der Waals surface area contributed by atoms with Crippen molar-refractivity contribution in [2.24, 2.45) is 0 Å². The van der Waals surface area contributed by atoms with E-state index in [1.165, 1.54) is 11.3 Å². The summed E-state index contributed by atoms with van der Waals surface area (Å²) in [5.74, 6) is 2.64. The predicted octanol–water partition coefficient (Wildman–Crippen LogP) is 3.94. The lowest BCUT2D eigenvalue weighted by Gasteiger charge is -2.24. The summed E-state index contributed by atoms with van der Waals surface area (Å²) < 4.78 is 11.5. The first-order valence-electron chi connectivity index (χ1n) is 10.9. The molecule has 0 aliphatic carbocycles. The molecule has 4 aromatic rings. The quantitative estimate of drug-likeness (QED) is 0.476. The van der Waals surface area contributed by atoms with Gasteiger partial charge < -0.3 is 20.1 Å². The Morgan fingerprint density at radius 2 is 2.00 bits per heavy atom. The molecule has 0 unspecified atom stereocenters. The molecule has 1 aromatic carbocycles. The molecule has 5 rings (SSSR count). The van der Waals surface area contributed by atoms with Crippen molar-refractivity contribution in [1.29, 1.82) is 0 Å². The van der Waals surface area contributed by atoms with Crippen LogP contribution in [-0.4, -0.2) is 46.8 Å². The van der Waals surface area contributed by atoms with Crippen molar-refractivity contribution >= 4 is 32.6 Å². The highest BCUT2D eigenvalue weighted by molar-refractivity contribution is 7.21. The Morgan fingerprint density at radius 1 is 1.12 bits per heavy atom. The molecule has 0 spiro atoms. The molecule has 8 nitrogen and oxygen atoms in total. The maximum Gasteiger partial charge on any atom is 0.182 e. The molecular weight excluding hydrogens is 436 g/mol. The van der Waals surface area contributed by atoms with Gasteiger partial charge in [-0.1, -0.05) is 11.3 Å². The molecule has 0 saturated carbocycles. The Labute approximate surface area is 196 Å². The van der Waals surface area contributed by atoms with Crippen LogP contribution in [0.2, 0.25) is 0 Å². The molecule has 1 aliphatic rings. The van der Waals surface area contributed by atoms with E-state index in [0.717, 1.165) is 68.5 Å². The Kier molecular flexibility index (Phi) is 5.82. The molecular formula is C24H26N6O2S. The number of nitrogens with zero attached hydrogens (tertiary/aromatic N) is 5.